The summed E-state index contributed by atoms with van der Waals surface area (Å²) in [6.45, 7) is 0. The lowest BCUT2D eigenvalue weighted by Gasteiger charge is -1.93. The molecule has 4 rings (SSSR count). The molecular weight excluding hydrogens is 378 g/mol. The summed E-state index contributed by atoms with van der Waals surface area (Å²) in [6.07, 6.45) is 4.94. The van der Waals surface area contributed by atoms with Crippen LogP contribution in [0.2, 0.25) is 0 Å². The van der Waals surface area contributed by atoms with Crippen molar-refractivity contribution in [3.05, 3.63) is 70.1 Å². The molecule has 0 aliphatic carbocycles. The number of thiocarbonyl (C=S) groups is 1. The standard InChI is InChI=1S/C20H9N3O2S2/c21-9-13-3-1-2-12(6-13)4-5-14-10-22-11-15-7-16(25-18(14)15)8-17-19(24)23-20(26)27-17/h1-3,6-8,10-11H,(H,23,24,26)/b17-8+. The molecule has 1 aliphatic heterocycles. The first-order valence-electron chi connectivity index (χ1n) is 7.77. The normalized spacial score (nSPS) is 14.7. The Hall–Kier alpha value is -3.39. The van der Waals surface area contributed by atoms with Crippen molar-refractivity contribution < 1.29 is 9.21 Å². The number of rotatable bonds is 1. The Balaban J connectivity index is 1.71. The SMILES string of the molecule is N#Cc1cccc(C#Cc2cncc3cc(/C=C4/SC(=S)NC4=O)oc23)c1. The maximum Gasteiger partial charge on any atom is 0.263 e. The fraction of sp³-hybridized carbons (Fsp3) is 0. The number of hydrogen-bond donors (Lipinski definition) is 1. The molecule has 5 nitrogen and oxygen atoms in total. The van der Waals surface area contributed by atoms with Crippen molar-refractivity contribution in [3.63, 3.8) is 0 Å². The molecule has 7 heteroatoms. The monoisotopic (exact) mass is 387 g/mol. The number of nitrogens with zero attached hydrogens (tertiary/aromatic N) is 2. The predicted octanol–water partition coefficient (Wildman–Crippen LogP) is 3.59. The molecule has 3 aromatic rings. The van der Waals surface area contributed by atoms with E-state index in [1.807, 2.05) is 6.07 Å². The summed E-state index contributed by atoms with van der Waals surface area (Å²) in [7, 11) is 0. The molecule has 1 amide bonds. The minimum atomic E-state index is -0.235. The van der Waals surface area contributed by atoms with E-state index in [2.05, 4.69) is 28.2 Å². The number of fused-ring (bicyclic) bond motifs is 1. The first-order valence-corrected chi connectivity index (χ1v) is 8.99. The highest BCUT2D eigenvalue weighted by Crippen LogP contribution is 2.29. The zero-order chi connectivity index (χ0) is 18.8. The van der Waals surface area contributed by atoms with Crippen LogP contribution in [0.25, 0.3) is 17.0 Å². The average molecular weight is 387 g/mol. The van der Waals surface area contributed by atoms with Gasteiger partial charge in [-0.3, -0.25) is 9.78 Å². The summed E-state index contributed by atoms with van der Waals surface area (Å²) in [5.74, 6) is 6.35. The number of nitriles is 1. The quantitative estimate of drug-likeness (QED) is 0.391. The summed E-state index contributed by atoms with van der Waals surface area (Å²) < 4.78 is 6.30. The summed E-state index contributed by atoms with van der Waals surface area (Å²) in [5, 5.41) is 12.3. The van der Waals surface area contributed by atoms with E-state index in [1.165, 1.54) is 11.8 Å². The molecule has 0 spiro atoms. The van der Waals surface area contributed by atoms with Gasteiger partial charge in [0.25, 0.3) is 5.91 Å². The van der Waals surface area contributed by atoms with Gasteiger partial charge in [-0.1, -0.05) is 41.9 Å². The summed E-state index contributed by atoms with van der Waals surface area (Å²) >= 11 is 6.18. The second kappa shape index (κ2) is 7.08. The van der Waals surface area contributed by atoms with Gasteiger partial charge >= 0.3 is 0 Å². The van der Waals surface area contributed by atoms with E-state index in [9.17, 15) is 4.79 Å². The maximum absolute atomic E-state index is 11.8. The van der Waals surface area contributed by atoms with Crippen LogP contribution in [0.4, 0.5) is 0 Å². The minimum absolute atomic E-state index is 0.235. The molecule has 27 heavy (non-hydrogen) atoms. The van der Waals surface area contributed by atoms with Gasteiger partial charge in [0.2, 0.25) is 0 Å². The lowest BCUT2D eigenvalue weighted by atomic mass is 10.1. The van der Waals surface area contributed by atoms with Gasteiger partial charge in [0.1, 0.15) is 10.1 Å². The van der Waals surface area contributed by atoms with Crippen molar-refractivity contribution in [2.45, 2.75) is 0 Å². The molecule has 1 aromatic carbocycles. The number of carbonyl (C=O) groups excluding carboxylic acids is 1. The molecule has 0 saturated carbocycles. The van der Waals surface area contributed by atoms with E-state index in [0.29, 0.717) is 31.7 Å². The van der Waals surface area contributed by atoms with E-state index < -0.39 is 0 Å². The van der Waals surface area contributed by atoms with Gasteiger partial charge in [-0.25, -0.2) is 0 Å². The van der Waals surface area contributed by atoms with Crippen LogP contribution >= 0.6 is 24.0 Å². The molecule has 3 heterocycles. The third kappa shape index (κ3) is 3.61. The Morgan fingerprint density at radius 2 is 2.07 bits per heavy atom. The van der Waals surface area contributed by atoms with Crippen LogP contribution in [0.5, 0.6) is 0 Å². The van der Waals surface area contributed by atoms with Crippen molar-refractivity contribution >= 4 is 51.3 Å². The van der Waals surface area contributed by atoms with Crippen LogP contribution in [0.15, 0.2) is 52.0 Å². The lowest BCUT2D eigenvalue weighted by Crippen LogP contribution is -2.17. The molecular formula is C20H9N3O2S2. The number of aromatic nitrogens is 1. The summed E-state index contributed by atoms with van der Waals surface area (Å²) in [5.41, 5.74) is 2.49. The van der Waals surface area contributed by atoms with Crippen molar-refractivity contribution in [2.24, 2.45) is 0 Å². The Kier molecular flexibility index (Phi) is 4.47. The van der Waals surface area contributed by atoms with Crippen molar-refractivity contribution in [2.75, 3.05) is 0 Å². The highest BCUT2D eigenvalue weighted by Gasteiger charge is 2.22. The van der Waals surface area contributed by atoms with Crippen molar-refractivity contribution in [1.29, 1.82) is 5.26 Å². The van der Waals surface area contributed by atoms with E-state index in [0.717, 1.165) is 10.9 Å². The fourth-order valence-corrected chi connectivity index (χ4v) is 3.52. The predicted molar refractivity (Wildman–Crippen MR) is 107 cm³/mol. The van der Waals surface area contributed by atoms with Gasteiger partial charge in [-0.15, -0.1) is 0 Å². The van der Waals surface area contributed by atoms with E-state index in [-0.39, 0.29) is 5.91 Å². The second-order valence-electron chi connectivity index (χ2n) is 5.55. The summed E-state index contributed by atoms with van der Waals surface area (Å²) in [6, 6.07) is 10.9. The van der Waals surface area contributed by atoms with Crippen molar-refractivity contribution in [1.82, 2.24) is 10.3 Å². The number of pyridine rings is 1. The highest BCUT2D eigenvalue weighted by atomic mass is 32.2. The van der Waals surface area contributed by atoms with Gasteiger partial charge in [-0.2, -0.15) is 5.26 Å². The zero-order valence-corrected chi connectivity index (χ0v) is 15.3. The largest absolute Gasteiger partial charge is 0.455 e. The van der Waals surface area contributed by atoms with E-state index in [1.54, 1.807) is 42.7 Å². The molecule has 0 unspecified atom stereocenters. The summed E-state index contributed by atoms with van der Waals surface area (Å²) in [4.78, 5) is 16.5. The van der Waals surface area contributed by atoms with Crippen LogP contribution < -0.4 is 5.32 Å². The third-order valence-corrected chi connectivity index (χ3v) is 4.85. The van der Waals surface area contributed by atoms with E-state index in [4.69, 9.17) is 21.9 Å². The first-order chi connectivity index (χ1) is 13.1. The number of amides is 1. The topological polar surface area (TPSA) is 78.9 Å². The number of hydrogen-bond acceptors (Lipinski definition) is 6. The van der Waals surface area contributed by atoms with Crippen LogP contribution in [-0.2, 0) is 4.79 Å². The minimum Gasteiger partial charge on any atom is -0.455 e. The molecule has 128 valence electrons. The van der Waals surface area contributed by atoms with Crippen LogP contribution in [0, 0.1) is 23.2 Å². The maximum atomic E-state index is 11.8. The first kappa shape index (κ1) is 17.0. The molecule has 0 bridgehead atoms. The highest BCUT2D eigenvalue weighted by molar-refractivity contribution is 8.26. The fourth-order valence-electron chi connectivity index (χ4n) is 2.50. The van der Waals surface area contributed by atoms with E-state index >= 15 is 0 Å². The number of nitrogens with one attached hydrogen (secondary N) is 1. The molecule has 0 radical (unpaired) electrons. The molecule has 1 saturated heterocycles. The van der Waals surface area contributed by atoms with Crippen LogP contribution in [0.1, 0.15) is 22.5 Å². The second-order valence-corrected chi connectivity index (χ2v) is 7.27. The molecule has 1 fully saturated rings. The van der Waals surface area contributed by atoms with Gasteiger partial charge in [0.05, 0.1) is 22.1 Å². The number of carbonyl (C=O) groups is 1. The van der Waals surface area contributed by atoms with Gasteiger partial charge < -0.3 is 9.73 Å². The van der Waals surface area contributed by atoms with Crippen molar-refractivity contribution in [3.8, 4) is 17.9 Å². The third-order valence-electron chi connectivity index (χ3n) is 3.69. The van der Waals surface area contributed by atoms with Gasteiger partial charge in [-0.05, 0) is 24.3 Å². The molecule has 0 atom stereocenters. The molecule has 1 aliphatic rings. The zero-order valence-electron chi connectivity index (χ0n) is 13.6. The Labute approximate surface area is 164 Å². The van der Waals surface area contributed by atoms with Crippen LogP contribution in [-0.4, -0.2) is 15.2 Å². The molecule has 1 N–H and O–H groups in total. The Morgan fingerprint density at radius 1 is 1.22 bits per heavy atom. The van der Waals surface area contributed by atoms with Gasteiger partial charge in [0, 0.05) is 29.4 Å². The van der Waals surface area contributed by atoms with Gasteiger partial charge in [0.15, 0.2) is 5.58 Å². The Bertz CT molecular complexity index is 1240. The smallest absolute Gasteiger partial charge is 0.263 e. The van der Waals surface area contributed by atoms with Crippen LogP contribution in [0.3, 0.4) is 0 Å². The number of benzene rings is 1. The number of furan rings is 1. The Morgan fingerprint density at radius 3 is 2.85 bits per heavy atom. The number of thioether (sulfide) groups is 1. The average Bonchev–Trinajstić information content (AvgIpc) is 3.22. The molecule has 2 aromatic heterocycles. The lowest BCUT2D eigenvalue weighted by molar-refractivity contribution is -0.115.